The average molecular weight is 344 g/mol. The molecule has 24 heavy (non-hydrogen) atoms. The maximum atomic E-state index is 9.36. The minimum Gasteiger partial charge on any atom is -0.388 e. The first-order chi connectivity index (χ1) is 11.7. The summed E-state index contributed by atoms with van der Waals surface area (Å²) in [5, 5.41) is 27.0. The second-order valence-corrected chi connectivity index (χ2v) is 6.30. The third kappa shape index (κ3) is 3.34. The van der Waals surface area contributed by atoms with Crippen LogP contribution in [-0.4, -0.2) is 34.6 Å². The van der Waals surface area contributed by atoms with Crippen molar-refractivity contribution in [2.24, 2.45) is 7.05 Å². The third-order valence-corrected chi connectivity index (χ3v) is 4.67. The first-order valence-corrected chi connectivity index (χ1v) is 8.82. The van der Waals surface area contributed by atoms with Gasteiger partial charge in [-0.1, -0.05) is 49.0 Å². The van der Waals surface area contributed by atoms with Crippen LogP contribution < -0.4 is 0 Å². The van der Waals surface area contributed by atoms with E-state index in [0.29, 0.717) is 11.6 Å². The quantitative estimate of drug-likeness (QED) is 0.662. The smallest absolute Gasteiger partial charge is 0.191 e. The second kappa shape index (κ2) is 7.59. The van der Waals surface area contributed by atoms with Crippen molar-refractivity contribution in [1.29, 1.82) is 0 Å². The minimum absolute atomic E-state index is 0.102. The van der Waals surface area contributed by atoms with Crippen molar-refractivity contribution in [2.45, 2.75) is 37.4 Å². The van der Waals surface area contributed by atoms with Crippen molar-refractivity contribution in [3.63, 3.8) is 0 Å². The molecule has 7 nitrogen and oxygen atoms in total. The predicted molar refractivity (Wildman–Crippen MR) is 92.2 cm³/mol. The molecule has 0 saturated carbocycles. The molecule has 0 saturated heterocycles. The van der Waals surface area contributed by atoms with Crippen LogP contribution in [0.1, 0.15) is 25.0 Å². The summed E-state index contributed by atoms with van der Waals surface area (Å²) in [5.41, 5.74) is 1.04. The lowest BCUT2D eigenvalue weighted by molar-refractivity contribution is 0.263. The molecule has 0 unspecified atom stereocenters. The lowest BCUT2D eigenvalue weighted by atomic mass is 10.2. The maximum Gasteiger partial charge on any atom is 0.191 e. The number of aromatic nitrogens is 6. The molecule has 0 atom stereocenters. The van der Waals surface area contributed by atoms with Crippen molar-refractivity contribution in [1.82, 2.24) is 29.5 Å². The van der Waals surface area contributed by atoms with Crippen LogP contribution >= 0.6 is 11.8 Å². The van der Waals surface area contributed by atoms with E-state index >= 15 is 0 Å². The molecule has 0 bridgehead atoms. The first-order valence-electron chi connectivity index (χ1n) is 7.84. The van der Waals surface area contributed by atoms with Crippen LogP contribution in [-0.2, 0) is 26.0 Å². The fourth-order valence-corrected chi connectivity index (χ4v) is 3.41. The Balaban J connectivity index is 1.76. The zero-order valence-electron chi connectivity index (χ0n) is 13.8. The Kier molecular flexibility index (Phi) is 5.27. The Bertz CT molecular complexity index is 798. The fourth-order valence-electron chi connectivity index (χ4n) is 2.45. The third-order valence-electron chi connectivity index (χ3n) is 3.71. The Morgan fingerprint density at radius 1 is 1.04 bits per heavy atom. The molecule has 0 radical (unpaired) electrons. The van der Waals surface area contributed by atoms with Gasteiger partial charge in [0.1, 0.15) is 12.4 Å². The van der Waals surface area contributed by atoms with Gasteiger partial charge in [0, 0.05) is 19.2 Å². The molecule has 126 valence electrons. The average Bonchev–Trinajstić information content (AvgIpc) is 3.17. The summed E-state index contributed by atoms with van der Waals surface area (Å²) >= 11 is 1.55. The number of hydrogen-bond donors (Lipinski definition) is 1. The normalized spacial score (nSPS) is 11.1. The highest BCUT2D eigenvalue weighted by molar-refractivity contribution is 7.98. The molecule has 0 spiro atoms. The van der Waals surface area contributed by atoms with E-state index in [0.717, 1.165) is 35.3 Å². The second-order valence-electron chi connectivity index (χ2n) is 5.36. The number of nitrogens with zero attached hydrogens (tertiary/aromatic N) is 6. The zero-order chi connectivity index (χ0) is 16.9. The van der Waals surface area contributed by atoms with Crippen LogP contribution in [0.3, 0.4) is 0 Å². The molecular formula is C16H20N6OS. The molecule has 0 aliphatic heterocycles. The van der Waals surface area contributed by atoms with E-state index in [-0.39, 0.29) is 6.61 Å². The van der Waals surface area contributed by atoms with E-state index in [4.69, 9.17) is 0 Å². The highest BCUT2D eigenvalue weighted by atomic mass is 32.2. The summed E-state index contributed by atoms with van der Waals surface area (Å²) in [4.78, 5) is 0. The number of aliphatic hydroxyl groups excluding tert-OH is 1. The van der Waals surface area contributed by atoms with Crippen LogP contribution in [0, 0.1) is 0 Å². The Labute approximate surface area is 144 Å². The van der Waals surface area contributed by atoms with Gasteiger partial charge in [-0.15, -0.1) is 20.4 Å². The predicted octanol–water partition coefficient (Wildman–Crippen LogP) is 2.27. The molecule has 8 heteroatoms. The summed E-state index contributed by atoms with van der Waals surface area (Å²) < 4.78 is 3.95. The molecule has 0 aliphatic rings. The number of thioether (sulfide) groups is 1. The van der Waals surface area contributed by atoms with Gasteiger partial charge in [0.2, 0.25) is 0 Å². The number of benzene rings is 1. The molecule has 0 amide bonds. The molecule has 2 heterocycles. The molecule has 2 aromatic heterocycles. The van der Waals surface area contributed by atoms with Crippen molar-refractivity contribution in [3.8, 4) is 11.4 Å². The van der Waals surface area contributed by atoms with Gasteiger partial charge in [-0.05, 0) is 6.42 Å². The SMILES string of the molecule is CCCn1c(CO)nnc1SCc1nnc(-c2ccccc2)n1C. The van der Waals surface area contributed by atoms with Crippen molar-refractivity contribution >= 4 is 11.8 Å². The molecule has 3 aromatic rings. The standard InChI is InChI=1S/C16H20N6OS/c1-3-9-22-13(10-23)17-20-16(22)24-11-14-18-19-15(21(14)2)12-7-5-4-6-8-12/h4-8,23H,3,9-11H2,1-2H3. The summed E-state index contributed by atoms with van der Waals surface area (Å²) in [6.45, 7) is 2.78. The zero-order valence-corrected chi connectivity index (χ0v) is 14.6. The van der Waals surface area contributed by atoms with E-state index in [1.807, 2.05) is 46.5 Å². The summed E-state index contributed by atoms with van der Waals surface area (Å²) in [5.74, 6) is 2.96. The van der Waals surface area contributed by atoms with Crippen molar-refractivity contribution < 1.29 is 5.11 Å². The van der Waals surface area contributed by atoms with Crippen LogP contribution in [0.15, 0.2) is 35.5 Å². The molecule has 1 aromatic carbocycles. The first kappa shape index (κ1) is 16.7. The largest absolute Gasteiger partial charge is 0.388 e. The van der Waals surface area contributed by atoms with Gasteiger partial charge in [0.05, 0.1) is 5.75 Å². The van der Waals surface area contributed by atoms with Crippen LogP contribution in [0.25, 0.3) is 11.4 Å². The van der Waals surface area contributed by atoms with E-state index in [9.17, 15) is 5.11 Å². The number of rotatable bonds is 7. The summed E-state index contributed by atoms with van der Waals surface area (Å²) in [7, 11) is 1.97. The van der Waals surface area contributed by atoms with Crippen LogP contribution in [0.4, 0.5) is 0 Å². The van der Waals surface area contributed by atoms with Crippen molar-refractivity contribution in [3.05, 3.63) is 42.0 Å². The summed E-state index contributed by atoms with van der Waals surface area (Å²) in [6, 6.07) is 10.00. The van der Waals surface area contributed by atoms with Crippen molar-refractivity contribution in [2.75, 3.05) is 0 Å². The Morgan fingerprint density at radius 2 is 1.79 bits per heavy atom. The summed E-state index contributed by atoms with van der Waals surface area (Å²) in [6.07, 6.45) is 0.959. The van der Waals surface area contributed by atoms with Gasteiger partial charge in [0.25, 0.3) is 0 Å². The topological polar surface area (TPSA) is 81.7 Å². The molecular weight excluding hydrogens is 324 g/mol. The molecule has 3 rings (SSSR count). The molecule has 0 aliphatic carbocycles. The minimum atomic E-state index is -0.102. The Hall–Kier alpha value is -2.19. The Morgan fingerprint density at radius 3 is 2.50 bits per heavy atom. The van der Waals surface area contributed by atoms with Gasteiger partial charge in [-0.3, -0.25) is 0 Å². The number of aliphatic hydroxyl groups is 1. The van der Waals surface area contributed by atoms with Gasteiger partial charge in [-0.25, -0.2) is 0 Å². The molecule has 1 N–H and O–H groups in total. The van der Waals surface area contributed by atoms with E-state index < -0.39 is 0 Å². The maximum absolute atomic E-state index is 9.36. The van der Waals surface area contributed by atoms with E-state index in [2.05, 4.69) is 27.3 Å². The monoisotopic (exact) mass is 344 g/mol. The molecule has 0 fully saturated rings. The highest BCUT2D eigenvalue weighted by Gasteiger charge is 2.15. The fraction of sp³-hybridized carbons (Fsp3) is 0.375. The van der Waals surface area contributed by atoms with E-state index in [1.54, 1.807) is 11.8 Å². The van der Waals surface area contributed by atoms with Crippen LogP contribution in [0.2, 0.25) is 0 Å². The van der Waals surface area contributed by atoms with Gasteiger partial charge < -0.3 is 14.2 Å². The number of hydrogen-bond acceptors (Lipinski definition) is 6. The van der Waals surface area contributed by atoms with Gasteiger partial charge in [-0.2, -0.15) is 0 Å². The lowest BCUT2D eigenvalue weighted by Gasteiger charge is -2.07. The lowest BCUT2D eigenvalue weighted by Crippen LogP contribution is -2.05. The van der Waals surface area contributed by atoms with E-state index in [1.165, 1.54) is 0 Å². The van der Waals surface area contributed by atoms with Gasteiger partial charge >= 0.3 is 0 Å². The highest BCUT2D eigenvalue weighted by Crippen LogP contribution is 2.24. The van der Waals surface area contributed by atoms with Crippen LogP contribution in [0.5, 0.6) is 0 Å². The van der Waals surface area contributed by atoms with Gasteiger partial charge in [0.15, 0.2) is 16.8 Å².